The van der Waals surface area contributed by atoms with E-state index in [4.69, 9.17) is 0 Å². The van der Waals surface area contributed by atoms with Crippen LogP contribution in [-0.4, -0.2) is 36.7 Å². The SMILES string of the molecule is O=C(Nc1nc2ccc(Br)cc2s1)C1CCCN(S(=O)(=O)c2cccs2)C1. The number of fused-ring (bicyclic) bond motifs is 1. The minimum Gasteiger partial charge on any atom is -0.302 e. The predicted octanol–water partition coefficient (Wildman–Crippen LogP) is 4.16. The summed E-state index contributed by atoms with van der Waals surface area (Å²) in [6, 6.07) is 9.07. The molecular weight excluding hydrogens is 470 g/mol. The molecule has 27 heavy (non-hydrogen) atoms. The summed E-state index contributed by atoms with van der Waals surface area (Å²) in [5.74, 6) is -0.563. The molecule has 1 saturated heterocycles. The standard InChI is InChI=1S/C17H16BrN3O3S3/c18-12-5-6-13-14(9-12)26-17(19-13)20-16(22)11-3-1-7-21(10-11)27(23,24)15-4-2-8-25-15/h2,4-6,8-9,11H,1,3,7,10H2,(H,19,20,22). The van der Waals surface area contributed by atoms with Gasteiger partial charge in [-0.05, 0) is 42.5 Å². The molecule has 1 aromatic carbocycles. The molecule has 3 aromatic rings. The summed E-state index contributed by atoms with van der Waals surface area (Å²) < 4.78 is 29.1. The number of aromatic nitrogens is 1. The van der Waals surface area contributed by atoms with Crippen LogP contribution in [-0.2, 0) is 14.8 Å². The van der Waals surface area contributed by atoms with Gasteiger partial charge in [-0.15, -0.1) is 11.3 Å². The number of carbonyl (C=O) groups is 1. The fraction of sp³-hybridized carbons (Fsp3) is 0.294. The van der Waals surface area contributed by atoms with E-state index in [-0.39, 0.29) is 18.4 Å². The third-order valence-electron chi connectivity index (χ3n) is 4.42. The molecule has 0 saturated carbocycles. The highest BCUT2D eigenvalue weighted by Crippen LogP contribution is 2.30. The molecule has 1 atom stereocenters. The van der Waals surface area contributed by atoms with E-state index in [1.807, 2.05) is 18.2 Å². The fourth-order valence-electron chi connectivity index (χ4n) is 3.07. The smallest absolute Gasteiger partial charge is 0.252 e. The van der Waals surface area contributed by atoms with Gasteiger partial charge in [0.25, 0.3) is 10.0 Å². The van der Waals surface area contributed by atoms with E-state index in [2.05, 4.69) is 26.2 Å². The van der Waals surface area contributed by atoms with Crippen LogP contribution < -0.4 is 5.32 Å². The number of thiazole rings is 1. The quantitative estimate of drug-likeness (QED) is 0.601. The van der Waals surface area contributed by atoms with Crippen molar-refractivity contribution in [3.05, 3.63) is 40.2 Å². The Bertz CT molecular complexity index is 1080. The first-order valence-corrected chi connectivity index (χ1v) is 12.3. The van der Waals surface area contributed by atoms with Crippen molar-refractivity contribution in [3.8, 4) is 0 Å². The number of hydrogen-bond donors (Lipinski definition) is 1. The number of nitrogens with one attached hydrogen (secondary N) is 1. The van der Waals surface area contributed by atoms with E-state index < -0.39 is 10.0 Å². The molecule has 142 valence electrons. The summed E-state index contributed by atoms with van der Waals surface area (Å²) in [6.07, 6.45) is 1.33. The first-order chi connectivity index (χ1) is 12.9. The van der Waals surface area contributed by atoms with E-state index in [0.29, 0.717) is 28.7 Å². The molecular formula is C17H16BrN3O3S3. The van der Waals surface area contributed by atoms with Crippen LogP contribution in [0.4, 0.5) is 5.13 Å². The summed E-state index contributed by atoms with van der Waals surface area (Å²) >= 11 is 6.03. The van der Waals surface area contributed by atoms with Crippen LogP contribution >= 0.6 is 38.6 Å². The summed E-state index contributed by atoms with van der Waals surface area (Å²) in [5, 5.41) is 5.14. The highest BCUT2D eigenvalue weighted by atomic mass is 79.9. The molecule has 4 rings (SSSR count). The van der Waals surface area contributed by atoms with Gasteiger partial charge in [0.05, 0.1) is 16.1 Å². The van der Waals surface area contributed by atoms with E-state index >= 15 is 0 Å². The van der Waals surface area contributed by atoms with Gasteiger partial charge in [-0.3, -0.25) is 4.79 Å². The number of sulfonamides is 1. The molecule has 2 aromatic heterocycles. The summed E-state index contributed by atoms with van der Waals surface area (Å²) in [7, 11) is -3.53. The lowest BCUT2D eigenvalue weighted by Crippen LogP contribution is -2.43. The zero-order valence-corrected chi connectivity index (χ0v) is 18.1. The maximum atomic E-state index is 12.7. The van der Waals surface area contributed by atoms with Gasteiger partial charge >= 0.3 is 0 Å². The Labute approximate surface area is 173 Å². The Hall–Kier alpha value is -1.33. The number of thiophene rings is 1. The minimum absolute atomic E-state index is 0.181. The van der Waals surface area contributed by atoms with Crippen LogP contribution in [0, 0.1) is 5.92 Å². The number of carbonyl (C=O) groups excluding carboxylic acids is 1. The Morgan fingerprint density at radius 3 is 2.96 bits per heavy atom. The maximum absolute atomic E-state index is 12.7. The third-order valence-corrected chi connectivity index (χ3v) is 9.09. The summed E-state index contributed by atoms with van der Waals surface area (Å²) in [4.78, 5) is 17.1. The van der Waals surface area contributed by atoms with E-state index in [0.717, 1.165) is 14.7 Å². The average Bonchev–Trinajstić information content (AvgIpc) is 3.31. The molecule has 1 fully saturated rings. The summed E-state index contributed by atoms with van der Waals surface area (Å²) in [5.41, 5.74) is 0.823. The van der Waals surface area contributed by atoms with Crippen molar-refractivity contribution in [2.24, 2.45) is 5.92 Å². The van der Waals surface area contributed by atoms with Crippen LogP contribution in [0.1, 0.15) is 12.8 Å². The molecule has 6 nitrogen and oxygen atoms in total. The van der Waals surface area contributed by atoms with Crippen LogP contribution in [0.2, 0.25) is 0 Å². The number of rotatable bonds is 4. The van der Waals surface area contributed by atoms with Gasteiger partial charge in [-0.1, -0.05) is 33.3 Å². The molecule has 1 aliphatic rings. The molecule has 1 amide bonds. The second-order valence-electron chi connectivity index (χ2n) is 6.25. The topological polar surface area (TPSA) is 79.4 Å². The Balaban J connectivity index is 1.48. The molecule has 0 aliphatic carbocycles. The van der Waals surface area contributed by atoms with Crippen molar-refractivity contribution in [2.75, 3.05) is 18.4 Å². The van der Waals surface area contributed by atoms with Crippen molar-refractivity contribution in [2.45, 2.75) is 17.1 Å². The Morgan fingerprint density at radius 2 is 2.19 bits per heavy atom. The second kappa shape index (κ2) is 7.59. The normalized spacial score (nSPS) is 18.6. The number of benzene rings is 1. The number of nitrogens with zero attached hydrogens (tertiary/aromatic N) is 2. The molecule has 3 heterocycles. The zero-order chi connectivity index (χ0) is 19.0. The third kappa shape index (κ3) is 3.95. The van der Waals surface area contributed by atoms with Gasteiger partial charge in [0.15, 0.2) is 5.13 Å². The highest BCUT2D eigenvalue weighted by Gasteiger charge is 2.34. The van der Waals surface area contributed by atoms with Gasteiger partial charge in [0.2, 0.25) is 5.91 Å². The molecule has 1 aliphatic heterocycles. The first kappa shape index (κ1) is 19.0. The van der Waals surface area contributed by atoms with Gasteiger partial charge in [0.1, 0.15) is 4.21 Å². The minimum atomic E-state index is -3.53. The Morgan fingerprint density at radius 1 is 1.33 bits per heavy atom. The number of hydrogen-bond acceptors (Lipinski definition) is 6. The van der Waals surface area contributed by atoms with Crippen molar-refractivity contribution in [3.63, 3.8) is 0 Å². The number of piperidine rings is 1. The second-order valence-corrected chi connectivity index (χ2v) is 11.3. The zero-order valence-electron chi connectivity index (χ0n) is 14.1. The van der Waals surface area contributed by atoms with E-state index in [1.165, 1.54) is 27.0 Å². The molecule has 0 spiro atoms. The van der Waals surface area contributed by atoms with Crippen LogP contribution in [0.15, 0.2) is 44.4 Å². The van der Waals surface area contributed by atoms with Crippen molar-refractivity contribution < 1.29 is 13.2 Å². The van der Waals surface area contributed by atoms with Gasteiger partial charge < -0.3 is 5.32 Å². The number of amides is 1. The van der Waals surface area contributed by atoms with E-state index in [1.54, 1.807) is 17.5 Å². The van der Waals surface area contributed by atoms with Crippen molar-refractivity contribution >= 4 is 69.9 Å². The van der Waals surface area contributed by atoms with Crippen molar-refractivity contribution in [1.82, 2.24) is 9.29 Å². The van der Waals surface area contributed by atoms with Gasteiger partial charge in [0, 0.05) is 17.6 Å². The molecule has 0 radical (unpaired) electrons. The molecule has 1 N–H and O–H groups in total. The lowest BCUT2D eigenvalue weighted by molar-refractivity contribution is -0.120. The lowest BCUT2D eigenvalue weighted by atomic mass is 9.99. The van der Waals surface area contributed by atoms with Crippen LogP contribution in [0.25, 0.3) is 10.2 Å². The predicted molar refractivity (Wildman–Crippen MR) is 112 cm³/mol. The number of halogens is 1. The van der Waals surface area contributed by atoms with Gasteiger partial charge in [-0.25, -0.2) is 13.4 Å². The van der Waals surface area contributed by atoms with Crippen LogP contribution in [0.3, 0.4) is 0 Å². The number of anilines is 1. The van der Waals surface area contributed by atoms with E-state index in [9.17, 15) is 13.2 Å². The molecule has 0 bridgehead atoms. The monoisotopic (exact) mass is 485 g/mol. The highest BCUT2D eigenvalue weighted by molar-refractivity contribution is 9.10. The average molecular weight is 486 g/mol. The van der Waals surface area contributed by atoms with Gasteiger partial charge in [-0.2, -0.15) is 4.31 Å². The van der Waals surface area contributed by atoms with Crippen molar-refractivity contribution in [1.29, 1.82) is 0 Å². The molecule has 1 unspecified atom stereocenters. The molecule has 10 heteroatoms. The first-order valence-electron chi connectivity index (χ1n) is 8.34. The maximum Gasteiger partial charge on any atom is 0.252 e. The fourth-order valence-corrected chi connectivity index (χ4v) is 7.16. The largest absolute Gasteiger partial charge is 0.302 e. The summed E-state index contributed by atoms with van der Waals surface area (Å²) in [6.45, 7) is 0.641. The lowest BCUT2D eigenvalue weighted by Gasteiger charge is -2.30. The Kier molecular flexibility index (Phi) is 5.34. The van der Waals surface area contributed by atoms with Crippen LogP contribution in [0.5, 0.6) is 0 Å².